The van der Waals surface area contributed by atoms with Crippen LogP contribution in [-0.4, -0.2) is 45.3 Å². The average molecular weight is 373 g/mol. The molecular formula is C17H25F2N3O2S. The van der Waals surface area contributed by atoms with E-state index in [1.165, 1.54) is 0 Å². The van der Waals surface area contributed by atoms with Gasteiger partial charge in [-0.15, -0.1) is 0 Å². The molecule has 0 atom stereocenters. The number of unbranched alkanes of at least 4 members (excludes halogenated alkanes) is 1. The van der Waals surface area contributed by atoms with Crippen LogP contribution in [0.3, 0.4) is 0 Å². The van der Waals surface area contributed by atoms with E-state index in [1.54, 1.807) is 9.80 Å². The summed E-state index contributed by atoms with van der Waals surface area (Å²) in [7, 11) is -3.85. The van der Waals surface area contributed by atoms with Crippen molar-refractivity contribution in [3.8, 4) is 0 Å². The zero-order valence-electron chi connectivity index (χ0n) is 14.8. The first-order chi connectivity index (χ1) is 11.8. The van der Waals surface area contributed by atoms with Gasteiger partial charge in [-0.2, -0.15) is 9.37 Å². The third-order valence-corrected chi connectivity index (χ3v) is 6.85. The number of anilines is 2. The Labute approximate surface area is 147 Å². The number of sulfone groups is 1. The number of pyridine rings is 1. The second-order valence-corrected chi connectivity index (χ2v) is 9.09. The van der Waals surface area contributed by atoms with Gasteiger partial charge >= 0.3 is 0 Å². The topological polar surface area (TPSA) is 53.5 Å². The van der Waals surface area contributed by atoms with Gasteiger partial charge in [-0.25, -0.2) is 12.8 Å². The van der Waals surface area contributed by atoms with E-state index in [0.717, 1.165) is 25.7 Å². The minimum atomic E-state index is -3.85. The Morgan fingerprint density at radius 3 is 2.52 bits per heavy atom. The second-order valence-electron chi connectivity index (χ2n) is 7.05. The normalized spacial score (nSPS) is 20.6. The van der Waals surface area contributed by atoms with E-state index in [1.807, 2.05) is 6.92 Å². The second kappa shape index (κ2) is 7.05. The minimum absolute atomic E-state index is 0.163. The molecule has 0 radical (unpaired) electrons. The van der Waals surface area contributed by atoms with Crippen molar-refractivity contribution in [2.75, 3.05) is 41.7 Å². The van der Waals surface area contributed by atoms with Gasteiger partial charge < -0.3 is 9.80 Å². The average Bonchev–Trinajstić information content (AvgIpc) is 2.57. The first-order valence-electron chi connectivity index (χ1n) is 8.96. The Kier molecular flexibility index (Phi) is 5.18. The van der Waals surface area contributed by atoms with Crippen LogP contribution in [0.1, 0.15) is 39.5 Å². The molecule has 5 nitrogen and oxygen atoms in total. The molecule has 0 saturated carbocycles. The Bertz CT molecular complexity index is 747. The minimum Gasteiger partial charge on any atom is -0.366 e. The predicted octanol–water partition coefficient (Wildman–Crippen LogP) is 2.99. The number of hydrogen-bond acceptors (Lipinski definition) is 5. The quantitative estimate of drug-likeness (QED) is 0.760. The highest BCUT2D eigenvalue weighted by atomic mass is 32.2. The Hall–Kier alpha value is -1.44. The van der Waals surface area contributed by atoms with Crippen molar-refractivity contribution in [1.29, 1.82) is 0 Å². The van der Waals surface area contributed by atoms with Crippen molar-refractivity contribution < 1.29 is 17.2 Å². The molecule has 25 heavy (non-hydrogen) atoms. The van der Waals surface area contributed by atoms with Gasteiger partial charge in [0, 0.05) is 26.2 Å². The molecule has 2 aliphatic rings. The largest absolute Gasteiger partial charge is 0.366 e. The fraction of sp³-hybridized carbons (Fsp3) is 0.706. The molecule has 3 rings (SSSR count). The number of halogens is 2. The molecule has 0 aromatic carbocycles. The number of rotatable bonds is 4. The van der Waals surface area contributed by atoms with Gasteiger partial charge in [0.1, 0.15) is 10.6 Å². The molecule has 0 spiro atoms. The molecule has 0 unspecified atom stereocenters. The predicted molar refractivity (Wildman–Crippen MR) is 93.9 cm³/mol. The standard InChI is InChI=1S/C17H25F2N3O2S/c1-3-4-7-21-10-11-25(23,24)15-13(18)17(20-16(19)14(15)21)22-8-5-12(2)6-9-22/h12H,3-11H2,1-2H3. The van der Waals surface area contributed by atoms with Gasteiger partial charge in [-0.3, -0.25) is 0 Å². The molecule has 1 aromatic rings. The van der Waals surface area contributed by atoms with Crippen LogP contribution in [0.4, 0.5) is 20.3 Å². The van der Waals surface area contributed by atoms with Crippen molar-refractivity contribution in [2.45, 2.75) is 44.4 Å². The lowest BCUT2D eigenvalue weighted by molar-refractivity contribution is 0.426. The molecule has 3 heterocycles. The summed E-state index contributed by atoms with van der Waals surface area (Å²) in [4.78, 5) is 6.62. The Morgan fingerprint density at radius 1 is 1.20 bits per heavy atom. The van der Waals surface area contributed by atoms with E-state index in [2.05, 4.69) is 11.9 Å². The van der Waals surface area contributed by atoms with Gasteiger partial charge in [0.15, 0.2) is 21.5 Å². The highest BCUT2D eigenvalue weighted by molar-refractivity contribution is 7.91. The summed E-state index contributed by atoms with van der Waals surface area (Å²) in [6.45, 7) is 5.90. The fourth-order valence-electron chi connectivity index (χ4n) is 3.50. The van der Waals surface area contributed by atoms with Crippen LogP contribution in [-0.2, 0) is 9.84 Å². The van der Waals surface area contributed by atoms with Gasteiger partial charge in [0.2, 0.25) is 5.95 Å². The van der Waals surface area contributed by atoms with Crippen LogP contribution in [0.2, 0.25) is 0 Å². The van der Waals surface area contributed by atoms with Crippen LogP contribution < -0.4 is 9.80 Å². The van der Waals surface area contributed by atoms with E-state index < -0.39 is 26.5 Å². The maximum absolute atomic E-state index is 15.1. The van der Waals surface area contributed by atoms with E-state index in [4.69, 9.17) is 0 Å². The molecule has 1 fully saturated rings. The molecule has 1 saturated heterocycles. The summed E-state index contributed by atoms with van der Waals surface area (Å²) in [5, 5.41) is 0. The molecule has 0 amide bonds. The molecule has 1 aromatic heterocycles. The lowest BCUT2D eigenvalue weighted by Crippen LogP contribution is -2.39. The van der Waals surface area contributed by atoms with Gasteiger partial charge in [-0.1, -0.05) is 20.3 Å². The van der Waals surface area contributed by atoms with E-state index in [9.17, 15) is 12.8 Å². The SMILES string of the molecule is CCCCN1CCS(=O)(=O)c2c(F)c(N3CCC(C)CC3)nc(F)c21. The van der Waals surface area contributed by atoms with Crippen LogP contribution >= 0.6 is 0 Å². The monoisotopic (exact) mass is 373 g/mol. The zero-order valence-corrected chi connectivity index (χ0v) is 15.6. The number of aromatic nitrogens is 1. The van der Waals surface area contributed by atoms with Crippen molar-refractivity contribution in [3.63, 3.8) is 0 Å². The molecule has 140 valence electrons. The number of hydrogen-bond donors (Lipinski definition) is 0. The van der Waals surface area contributed by atoms with Gasteiger partial charge in [0.05, 0.1) is 5.75 Å². The Morgan fingerprint density at radius 2 is 1.88 bits per heavy atom. The summed E-state index contributed by atoms with van der Waals surface area (Å²) in [6, 6.07) is 0. The van der Waals surface area contributed by atoms with Crippen molar-refractivity contribution in [1.82, 2.24) is 4.98 Å². The number of piperidine rings is 1. The van der Waals surface area contributed by atoms with Crippen LogP contribution in [0.25, 0.3) is 0 Å². The van der Waals surface area contributed by atoms with E-state index >= 15 is 4.39 Å². The van der Waals surface area contributed by atoms with Crippen LogP contribution in [0, 0.1) is 17.7 Å². The van der Waals surface area contributed by atoms with Gasteiger partial charge in [0.25, 0.3) is 0 Å². The third-order valence-electron chi connectivity index (χ3n) is 5.13. The van der Waals surface area contributed by atoms with E-state index in [0.29, 0.717) is 25.6 Å². The molecule has 0 aliphatic carbocycles. The fourth-order valence-corrected chi connectivity index (χ4v) is 5.04. The van der Waals surface area contributed by atoms with Gasteiger partial charge in [-0.05, 0) is 25.2 Å². The first kappa shape index (κ1) is 18.4. The molecule has 8 heteroatoms. The molecule has 2 aliphatic heterocycles. The van der Waals surface area contributed by atoms with Crippen molar-refractivity contribution >= 4 is 21.3 Å². The molecule has 0 N–H and O–H groups in total. The summed E-state index contributed by atoms with van der Waals surface area (Å²) in [5.74, 6) is -1.61. The number of fused-ring (bicyclic) bond motifs is 1. The van der Waals surface area contributed by atoms with Crippen LogP contribution in [0.5, 0.6) is 0 Å². The van der Waals surface area contributed by atoms with Crippen molar-refractivity contribution in [3.05, 3.63) is 11.8 Å². The first-order valence-corrected chi connectivity index (χ1v) is 10.6. The lowest BCUT2D eigenvalue weighted by Gasteiger charge is -2.35. The number of nitrogens with zero attached hydrogens (tertiary/aromatic N) is 3. The maximum atomic E-state index is 15.1. The van der Waals surface area contributed by atoms with E-state index in [-0.39, 0.29) is 23.8 Å². The van der Waals surface area contributed by atoms with Crippen molar-refractivity contribution in [2.24, 2.45) is 5.92 Å². The Balaban J connectivity index is 2.07. The summed E-state index contributed by atoms with van der Waals surface area (Å²) in [6.07, 6.45) is 3.39. The third kappa shape index (κ3) is 3.45. The lowest BCUT2D eigenvalue weighted by atomic mass is 9.99. The maximum Gasteiger partial charge on any atom is 0.239 e. The van der Waals surface area contributed by atoms with Crippen LogP contribution in [0.15, 0.2) is 4.90 Å². The zero-order chi connectivity index (χ0) is 18.2. The smallest absolute Gasteiger partial charge is 0.239 e. The molecule has 0 bridgehead atoms. The molecular weight excluding hydrogens is 348 g/mol. The highest BCUT2D eigenvalue weighted by Crippen LogP contribution is 2.38. The summed E-state index contributed by atoms with van der Waals surface area (Å²) in [5.41, 5.74) is -0.189. The summed E-state index contributed by atoms with van der Waals surface area (Å²) >= 11 is 0. The summed E-state index contributed by atoms with van der Waals surface area (Å²) < 4.78 is 54.8. The highest BCUT2D eigenvalue weighted by Gasteiger charge is 2.38.